The summed E-state index contributed by atoms with van der Waals surface area (Å²) < 4.78 is 0. The predicted molar refractivity (Wildman–Crippen MR) is 74.0 cm³/mol. The van der Waals surface area contributed by atoms with Crippen molar-refractivity contribution in [3.05, 3.63) is 42.1 Å². The van der Waals surface area contributed by atoms with E-state index in [4.69, 9.17) is 5.02 Å². The molecule has 0 atom stereocenters. The first-order valence-corrected chi connectivity index (χ1v) is 6.23. The van der Waals surface area contributed by atoms with E-state index < -0.39 is 7.05 Å². The summed E-state index contributed by atoms with van der Waals surface area (Å²) in [4.78, 5) is 15.9. The predicted octanol–water partition coefficient (Wildman–Crippen LogP) is 1.92. The van der Waals surface area contributed by atoms with Crippen LogP contribution < -0.4 is 10.5 Å². The molecule has 0 unspecified atom stereocenters. The van der Waals surface area contributed by atoms with E-state index in [1.165, 1.54) is 11.3 Å². The van der Waals surface area contributed by atoms with Crippen LogP contribution in [0.3, 0.4) is 0 Å². The fraction of sp³-hybridized carbons (Fsp3) is 0.0909. The molecule has 0 spiro atoms. The van der Waals surface area contributed by atoms with Gasteiger partial charge in [-0.3, -0.25) is 10.1 Å². The number of benzene rings is 1. The van der Waals surface area contributed by atoms with Gasteiger partial charge in [0.25, 0.3) is 5.91 Å². The summed E-state index contributed by atoms with van der Waals surface area (Å²) in [6, 6.07) is 8.93. The highest BCUT2D eigenvalue weighted by Gasteiger charge is 2.10. The minimum atomic E-state index is -0.650. The number of thiazole rings is 1. The molecule has 1 aromatic carbocycles. The zero-order valence-electron chi connectivity index (χ0n) is 9.75. The van der Waals surface area contributed by atoms with E-state index in [0.29, 0.717) is 15.7 Å². The second kappa shape index (κ2) is 5.66. The van der Waals surface area contributed by atoms with E-state index in [9.17, 15) is 4.79 Å². The number of hydrogen-bond donors (Lipinski definition) is 3. The van der Waals surface area contributed by atoms with E-state index >= 15 is 0 Å². The van der Waals surface area contributed by atoms with Crippen molar-refractivity contribution in [3.63, 3.8) is 0 Å². The third kappa shape index (κ3) is 3.32. The number of carbonyl (C=O) groups excluding carboxylic acids is 1. The van der Waals surface area contributed by atoms with Gasteiger partial charge in [-0.25, -0.2) is 4.98 Å². The summed E-state index contributed by atoms with van der Waals surface area (Å²) in [6.45, 7) is 1.61. The normalized spacial score (nSPS) is 9.89. The van der Waals surface area contributed by atoms with Crippen LogP contribution in [0.25, 0.3) is 0 Å². The second-order valence-corrected chi connectivity index (χ2v) is 4.70. The molecule has 3 N–H and O–H groups in total. The lowest BCUT2D eigenvalue weighted by atomic mass is 9.89. The van der Waals surface area contributed by atoms with Gasteiger partial charge < -0.3 is 10.3 Å². The molecular weight excluding hydrogens is 249 g/mol. The lowest BCUT2D eigenvalue weighted by Gasteiger charge is -2.01. The van der Waals surface area contributed by atoms with Gasteiger partial charge in [-0.2, -0.15) is 0 Å². The molecule has 0 fully saturated rings. The lowest BCUT2D eigenvalue weighted by Crippen LogP contribution is -2.18. The molecule has 0 radical (unpaired) electrons. The van der Waals surface area contributed by atoms with Crippen molar-refractivity contribution in [2.24, 2.45) is 0 Å². The monoisotopic (exact) mass is 261 g/mol. The fourth-order valence-corrected chi connectivity index (χ4v) is 2.16. The van der Waals surface area contributed by atoms with E-state index in [1.54, 1.807) is 37.3 Å². The van der Waals surface area contributed by atoms with Crippen LogP contribution >= 0.6 is 11.3 Å². The van der Waals surface area contributed by atoms with Crippen molar-refractivity contribution in [3.8, 4) is 0 Å². The first kappa shape index (κ1) is 12.6. The van der Waals surface area contributed by atoms with Gasteiger partial charge in [0, 0.05) is 5.56 Å². The molecule has 0 aliphatic rings. The Bertz CT molecular complexity index is 530. The Balaban J connectivity index is 2.01. The van der Waals surface area contributed by atoms with Crippen LogP contribution in [-0.4, -0.2) is 23.0 Å². The van der Waals surface area contributed by atoms with Crippen molar-refractivity contribution in [2.45, 2.75) is 6.82 Å². The van der Waals surface area contributed by atoms with Crippen LogP contribution in [0.1, 0.15) is 10.4 Å². The third-order valence-electron chi connectivity index (χ3n) is 2.11. The fourth-order valence-electron chi connectivity index (χ4n) is 1.36. The molecule has 0 bridgehead atoms. The maximum Gasteiger partial charge on any atom is 0.407 e. The highest BCUT2D eigenvalue weighted by Crippen LogP contribution is 2.23. The summed E-state index contributed by atoms with van der Waals surface area (Å²) in [5, 5.41) is 15.8. The molecule has 2 rings (SSSR count). The Morgan fingerprint density at radius 2 is 2.11 bits per heavy atom. The Morgan fingerprint density at radius 1 is 1.39 bits per heavy atom. The van der Waals surface area contributed by atoms with Crippen LogP contribution in [0.2, 0.25) is 6.82 Å². The Hall–Kier alpha value is -1.86. The summed E-state index contributed by atoms with van der Waals surface area (Å²) >= 11 is 1.27. The Kier molecular flexibility index (Phi) is 3.96. The first-order valence-electron chi connectivity index (χ1n) is 5.42. The second-order valence-electron chi connectivity index (χ2n) is 3.67. The van der Waals surface area contributed by atoms with Gasteiger partial charge in [0.1, 0.15) is 5.00 Å². The summed E-state index contributed by atoms with van der Waals surface area (Å²) in [6.07, 6.45) is 1.57. The molecule has 92 valence electrons. The van der Waals surface area contributed by atoms with Gasteiger partial charge in [0.2, 0.25) is 0 Å². The van der Waals surface area contributed by atoms with Crippen LogP contribution in [0.15, 0.2) is 36.5 Å². The smallest absolute Gasteiger partial charge is 0.407 e. The molecule has 2 aromatic rings. The summed E-state index contributed by atoms with van der Waals surface area (Å²) in [5.41, 5.74) is 0.581. The van der Waals surface area contributed by atoms with Gasteiger partial charge in [0.05, 0.1) is 6.20 Å². The number of aromatic nitrogens is 1. The average Bonchev–Trinajstić information content (AvgIpc) is 2.76. The molecule has 1 heterocycles. The maximum absolute atomic E-state index is 11.8. The molecule has 5 nitrogen and oxygen atoms in total. The molecule has 18 heavy (non-hydrogen) atoms. The highest BCUT2D eigenvalue weighted by atomic mass is 32.1. The highest BCUT2D eigenvalue weighted by molar-refractivity contribution is 7.20. The van der Waals surface area contributed by atoms with Crippen LogP contribution in [0.5, 0.6) is 0 Å². The SMILES string of the molecule is CB(O)Nc1cnc(NC(=O)c2ccccc2)s1. The summed E-state index contributed by atoms with van der Waals surface area (Å²) in [5.74, 6) is -0.200. The van der Waals surface area contributed by atoms with Crippen molar-refractivity contribution >= 4 is 34.4 Å². The molecule has 1 aromatic heterocycles. The number of carbonyl (C=O) groups is 1. The maximum atomic E-state index is 11.8. The van der Waals surface area contributed by atoms with E-state index in [2.05, 4.69) is 15.5 Å². The van der Waals surface area contributed by atoms with Gasteiger partial charge in [-0.1, -0.05) is 29.5 Å². The molecule has 0 saturated heterocycles. The van der Waals surface area contributed by atoms with Gasteiger partial charge in [-0.15, -0.1) is 0 Å². The van der Waals surface area contributed by atoms with Crippen molar-refractivity contribution in [1.29, 1.82) is 0 Å². The van der Waals surface area contributed by atoms with Crippen LogP contribution in [-0.2, 0) is 0 Å². The van der Waals surface area contributed by atoms with Crippen molar-refractivity contribution in [1.82, 2.24) is 4.98 Å². The topological polar surface area (TPSA) is 74.2 Å². The zero-order valence-corrected chi connectivity index (χ0v) is 10.6. The molecule has 7 heteroatoms. The van der Waals surface area contributed by atoms with Crippen molar-refractivity contribution in [2.75, 3.05) is 10.5 Å². The minimum absolute atomic E-state index is 0.200. The largest absolute Gasteiger partial charge is 0.433 e. The van der Waals surface area contributed by atoms with E-state index in [1.807, 2.05) is 6.07 Å². The lowest BCUT2D eigenvalue weighted by molar-refractivity contribution is 0.102. The standard InChI is InChI=1S/C11H12BN3O2S/c1-12(17)15-9-7-13-11(18-9)14-10(16)8-5-3-2-4-6-8/h2-7,15,17H,1H3,(H,13,14,16). The number of hydrogen-bond acceptors (Lipinski definition) is 5. The Labute approximate surface area is 109 Å². The van der Waals surface area contributed by atoms with Gasteiger partial charge in [-0.05, 0) is 19.0 Å². The van der Waals surface area contributed by atoms with E-state index in [0.717, 1.165) is 0 Å². The Morgan fingerprint density at radius 3 is 2.78 bits per heavy atom. The number of rotatable bonds is 4. The van der Waals surface area contributed by atoms with Crippen molar-refractivity contribution < 1.29 is 9.82 Å². The minimum Gasteiger partial charge on any atom is -0.433 e. The van der Waals surface area contributed by atoms with E-state index in [-0.39, 0.29) is 5.91 Å². The molecule has 0 saturated carbocycles. The molecular formula is C11H12BN3O2S. The van der Waals surface area contributed by atoms with Gasteiger partial charge >= 0.3 is 7.05 Å². The molecule has 1 amide bonds. The number of nitrogens with zero attached hydrogens (tertiary/aromatic N) is 1. The quantitative estimate of drug-likeness (QED) is 0.735. The number of anilines is 2. The zero-order chi connectivity index (χ0) is 13.0. The summed E-state index contributed by atoms with van der Waals surface area (Å²) in [7, 11) is -0.650. The van der Waals surface area contributed by atoms with Crippen LogP contribution in [0.4, 0.5) is 10.1 Å². The number of amides is 1. The van der Waals surface area contributed by atoms with Gasteiger partial charge in [0.15, 0.2) is 5.13 Å². The third-order valence-corrected chi connectivity index (χ3v) is 2.96. The van der Waals surface area contributed by atoms with Crippen LogP contribution in [0, 0.1) is 0 Å². The first-order chi connectivity index (χ1) is 8.65. The molecule has 0 aliphatic heterocycles. The molecule has 0 aliphatic carbocycles. The number of nitrogens with one attached hydrogen (secondary N) is 2. The average molecular weight is 261 g/mol.